The summed E-state index contributed by atoms with van der Waals surface area (Å²) in [5.74, 6) is 0.826. The molecular weight excluding hydrogens is 220 g/mol. The molecule has 2 aromatic rings. The highest BCUT2D eigenvalue weighted by Crippen LogP contribution is 2.51. The first-order valence-corrected chi connectivity index (χ1v) is 6.99. The number of benzene rings is 1. The van der Waals surface area contributed by atoms with Crippen molar-refractivity contribution in [2.24, 2.45) is 5.92 Å². The predicted molar refractivity (Wildman–Crippen MR) is 73.4 cm³/mol. The Bertz CT molecular complexity index is 575. The number of para-hydroxylation sites is 1. The van der Waals surface area contributed by atoms with E-state index in [0.29, 0.717) is 0 Å². The van der Waals surface area contributed by atoms with Gasteiger partial charge < -0.3 is 5.32 Å². The Labute approximate surface area is 107 Å². The van der Waals surface area contributed by atoms with Crippen LogP contribution in [0.1, 0.15) is 31.2 Å². The normalized spacial score (nSPS) is 27.8. The lowest BCUT2D eigenvalue weighted by Crippen LogP contribution is -2.39. The molecule has 0 spiro atoms. The molecule has 1 unspecified atom stereocenters. The van der Waals surface area contributed by atoms with Crippen molar-refractivity contribution in [1.29, 1.82) is 0 Å². The largest absolute Gasteiger partial charge is 0.307 e. The Kier molecular flexibility index (Phi) is 2.21. The Balaban J connectivity index is 1.95. The number of nitrogens with zero attached hydrogens (tertiary/aromatic N) is 1. The average molecular weight is 238 g/mol. The van der Waals surface area contributed by atoms with Crippen molar-refractivity contribution in [2.75, 3.05) is 6.54 Å². The van der Waals surface area contributed by atoms with Crippen molar-refractivity contribution in [2.45, 2.75) is 31.2 Å². The molecule has 0 radical (unpaired) electrons. The van der Waals surface area contributed by atoms with Crippen LogP contribution in [0.3, 0.4) is 0 Å². The molecule has 92 valence electrons. The zero-order chi connectivity index (χ0) is 12.0. The molecule has 18 heavy (non-hydrogen) atoms. The van der Waals surface area contributed by atoms with Gasteiger partial charge in [-0.05, 0) is 49.8 Å². The van der Waals surface area contributed by atoms with Crippen LogP contribution in [0.15, 0.2) is 36.5 Å². The Morgan fingerprint density at radius 3 is 2.83 bits per heavy atom. The number of pyridine rings is 1. The molecule has 1 aromatic heterocycles. The molecule has 1 aliphatic carbocycles. The Morgan fingerprint density at radius 1 is 1.17 bits per heavy atom. The third-order valence-electron chi connectivity index (χ3n) is 4.58. The van der Waals surface area contributed by atoms with Crippen molar-refractivity contribution in [3.63, 3.8) is 0 Å². The summed E-state index contributed by atoms with van der Waals surface area (Å²) in [5, 5.41) is 5.07. The molecule has 1 N–H and O–H groups in total. The fraction of sp³-hybridized carbons (Fsp3) is 0.438. The van der Waals surface area contributed by atoms with Gasteiger partial charge >= 0.3 is 0 Å². The van der Waals surface area contributed by atoms with E-state index in [9.17, 15) is 0 Å². The summed E-state index contributed by atoms with van der Waals surface area (Å²) < 4.78 is 0. The van der Waals surface area contributed by atoms with Gasteiger partial charge in [-0.2, -0.15) is 0 Å². The van der Waals surface area contributed by atoms with Crippen molar-refractivity contribution >= 4 is 10.9 Å². The van der Waals surface area contributed by atoms with E-state index in [4.69, 9.17) is 0 Å². The summed E-state index contributed by atoms with van der Waals surface area (Å²) in [6.07, 6.45) is 7.22. The summed E-state index contributed by atoms with van der Waals surface area (Å²) in [6.45, 7) is 1.15. The van der Waals surface area contributed by atoms with Gasteiger partial charge in [0.25, 0.3) is 0 Å². The van der Waals surface area contributed by atoms with Crippen molar-refractivity contribution in [3.8, 4) is 0 Å². The van der Waals surface area contributed by atoms with Gasteiger partial charge in [-0.15, -0.1) is 0 Å². The fourth-order valence-electron chi connectivity index (χ4n) is 3.61. The van der Waals surface area contributed by atoms with E-state index < -0.39 is 0 Å². The first kappa shape index (κ1) is 10.5. The quantitative estimate of drug-likeness (QED) is 0.869. The summed E-state index contributed by atoms with van der Waals surface area (Å²) in [4.78, 5) is 4.64. The maximum atomic E-state index is 4.64. The predicted octanol–water partition coefficient (Wildman–Crippen LogP) is 3.22. The molecule has 2 heteroatoms. The second-order valence-electron chi connectivity index (χ2n) is 5.66. The van der Waals surface area contributed by atoms with Crippen LogP contribution < -0.4 is 5.32 Å². The highest BCUT2D eigenvalue weighted by atomic mass is 15.0. The third-order valence-corrected chi connectivity index (χ3v) is 4.58. The Hall–Kier alpha value is -1.41. The number of hydrogen-bond donors (Lipinski definition) is 1. The van der Waals surface area contributed by atoms with E-state index in [-0.39, 0.29) is 5.54 Å². The molecule has 1 saturated carbocycles. The van der Waals surface area contributed by atoms with E-state index in [0.717, 1.165) is 12.5 Å². The molecular formula is C16H18N2. The van der Waals surface area contributed by atoms with Crippen molar-refractivity contribution < 1.29 is 0 Å². The summed E-state index contributed by atoms with van der Waals surface area (Å²) in [7, 11) is 0. The molecule has 1 aromatic carbocycles. The summed E-state index contributed by atoms with van der Waals surface area (Å²) >= 11 is 0. The van der Waals surface area contributed by atoms with Crippen molar-refractivity contribution in [3.05, 3.63) is 42.1 Å². The summed E-state index contributed by atoms with van der Waals surface area (Å²) in [6, 6.07) is 10.8. The zero-order valence-corrected chi connectivity index (χ0v) is 10.5. The highest BCUT2D eigenvalue weighted by molar-refractivity contribution is 5.82. The van der Waals surface area contributed by atoms with E-state index in [2.05, 4.69) is 34.6 Å². The maximum Gasteiger partial charge on any atom is 0.0752 e. The Morgan fingerprint density at radius 2 is 2.06 bits per heavy atom. The van der Waals surface area contributed by atoms with Crippen LogP contribution in [-0.2, 0) is 5.54 Å². The molecule has 1 saturated heterocycles. The minimum Gasteiger partial charge on any atom is -0.307 e. The number of nitrogens with one attached hydrogen (secondary N) is 1. The standard InChI is InChI=1S/C16H18N2/c1-4-12-5-2-10-17-15(12)14(6-1)16(13-7-8-13)9-3-11-18-16/h1-2,4-6,10,13,18H,3,7-9,11H2. The summed E-state index contributed by atoms with van der Waals surface area (Å²) in [5.41, 5.74) is 2.84. The highest BCUT2D eigenvalue weighted by Gasteiger charge is 2.48. The maximum absolute atomic E-state index is 4.64. The second-order valence-corrected chi connectivity index (χ2v) is 5.66. The van der Waals surface area contributed by atoms with E-state index in [1.807, 2.05) is 12.3 Å². The molecule has 2 aliphatic rings. The fourth-order valence-corrected chi connectivity index (χ4v) is 3.61. The van der Waals surface area contributed by atoms with Crippen molar-refractivity contribution in [1.82, 2.24) is 10.3 Å². The molecule has 1 aliphatic heterocycles. The van der Waals surface area contributed by atoms with Gasteiger partial charge in [-0.1, -0.05) is 24.3 Å². The molecule has 2 heterocycles. The molecule has 0 bridgehead atoms. The molecule has 1 atom stereocenters. The monoisotopic (exact) mass is 238 g/mol. The minimum atomic E-state index is 0.216. The van der Waals surface area contributed by atoms with E-state index >= 15 is 0 Å². The topological polar surface area (TPSA) is 24.9 Å². The third kappa shape index (κ3) is 1.42. The lowest BCUT2D eigenvalue weighted by Gasteiger charge is -2.31. The zero-order valence-electron chi connectivity index (χ0n) is 10.5. The number of aromatic nitrogens is 1. The van der Waals surface area contributed by atoms with Gasteiger partial charge in [0.05, 0.1) is 5.52 Å². The van der Waals surface area contributed by atoms with Crippen LogP contribution in [-0.4, -0.2) is 11.5 Å². The van der Waals surface area contributed by atoms with Crippen LogP contribution >= 0.6 is 0 Å². The van der Waals surface area contributed by atoms with Gasteiger partial charge in [-0.3, -0.25) is 4.98 Å². The minimum absolute atomic E-state index is 0.216. The second kappa shape index (κ2) is 3.79. The molecule has 2 nitrogen and oxygen atoms in total. The van der Waals surface area contributed by atoms with E-state index in [1.54, 1.807) is 0 Å². The number of rotatable bonds is 2. The molecule has 2 fully saturated rings. The van der Waals surface area contributed by atoms with Gasteiger partial charge in [0.15, 0.2) is 0 Å². The SMILES string of the molecule is c1cnc2c(C3(C4CC4)CCCN3)cccc2c1. The van der Waals surface area contributed by atoms with Gasteiger partial charge in [0, 0.05) is 17.1 Å². The van der Waals surface area contributed by atoms with Crippen LogP contribution in [0, 0.1) is 5.92 Å². The molecule has 0 amide bonds. The van der Waals surface area contributed by atoms with Crippen LogP contribution in [0.5, 0.6) is 0 Å². The van der Waals surface area contributed by atoms with Crippen LogP contribution in [0.2, 0.25) is 0 Å². The number of hydrogen-bond acceptors (Lipinski definition) is 2. The van der Waals surface area contributed by atoms with Crippen LogP contribution in [0.4, 0.5) is 0 Å². The first-order chi connectivity index (χ1) is 8.90. The number of fused-ring (bicyclic) bond motifs is 1. The van der Waals surface area contributed by atoms with Gasteiger partial charge in [0.2, 0.25) is 0 Å². The van der Waals surface area contributed by atoms with Crippen LogP contribution in [0.25, 0.3) is 10.9 Å². The molecule has 4 rings (SSSR count). The average Bonchev–Trinajstić information content (AvgIpc) is 3.17. The lowest BCUT2D eigenvalue weighted by atomic mass is 9.82. The smallest absolute Gasteiger partial charge is 0.0752 e. The van der Waals surface area contributed by atoms with E-state index in [1.165, 1.54) is 42.1 Å². The van der Waals surface area contributed by atoms with Gasteiger partial charge in [0.1, 0.15) is 0 Å². The lowest BCUT2D eigenvalue weighted by molar-refractivity contribution is 0.338. The van der Waals surface area contributed by atoms with Gasteiger partial charge in [-0.25, -0.2) is 0 Å². The first-order valence-electron chi connectivity index (χ1n) is 6.99.